The van der Waals surface area contributed by atoms with Crippen molar-refractivity contribution in [3.05, 3.63) is 273 Å². The van der Waals surface area contributed by atoms with Gasteiger partial charge in [0.2, 0.25) is 0 Å². The fourth-order valence-electron chi connectivity index (χ4n) is 6.87. The van der Waals surface area contributed by atoms with Crippen LogP contribution in [-0.2, 0) is 19.5 Å². The molecule has 4 heteroatoms. The van der Waals surface area contributed by atoms with Gasteiger partial charge in [-0.25, -0.2) is 0 Å². The molecule has 0 bridgehead atoms. The van der Waals surface area contributed by atoms with Crippen molar-refractivity contribution in [1.29, 1.82) is 0 Å². The van der Waals surface area contributed by atoms with Crippen LogP contribution in [0.3, 0.4) is 0 Å². The summed E-state index contributed by atoms with van der Waals surface area (Å²) in [6.45, 7) is 0. The maximum Gasteiger partial charge on any atom is 0.102 e. The Kier molecular flexibility index (Phi) is 17.1. The Labute approximate surface area is 361 Å². The molecule has 0 aliphatic carbocycles. The van der Waals surface area contributed by atoms with Crippen LogP contribution in [0.1, 0.15) is 0 Å². The molecule has 0 spiro atoms. The Balaban J connectivity index is 0.000000145. The predicted octanol–water partition coefficient (Wildman–Crippen LogP) is 9.33. The average Bonchev–Trinajstić information content (AvgIpc) is 3.30. The Hall–Kier alpha value is -5.11. The van der Waals surface area contributed by atoms with Gasteiger partial charge in [0, 0.05) is 19.5 Å². The van der Waals surface area contributed by atoms with E-state index in [1.807, 2.05) is 12.1 Å². The minimum atomic E-state index is -0.933. The third-order valence-corrected chi connectivity index (χ3v) is 17.6. The molecular formula is C54H47P3Ru+2. The fourth-order valence-corrected chi connectivity index (χ4v) is 14.5. The van der Waals surface area contributed by atoms with Crippen LogP contribution in [0.15, 0.2) is 267 Å². The van der Waals surface area contributed by atoms with Gasteiger partial charge in [0.15, 0.2) is 0 Å². The Morgan fingerprint density at radius 1 is 0.207 bits per heavy atom. The molecule has 0 radical (unpaired) electrons. The number of rotatable bonds is 9. The minimum absolute atomic E-state index is 0. The van der Waals surface area contributed by atoms with Gasteiger partial charge in [-0.15, -0.1) is 12.1 Å². The standard InChI is InChI=1S/2C18H15P.C18H14P.Ru/c3*1-4-10-16(11-5-1)19(17-12-6-2-7-13-17)18-14-8-3-9-15-18;/h2*1-15H;1-14H;/q;;-1;/p+3. The van der Waals surface area contributed by atoms with E-state index < -0.39 is 23.8 Å². The first-order valence-corrected chi connectivity index (χ1v) is 23.9. The van der Waals surface area contributed by atoms with Crippen LogP contribution in [0.25, 0.3) is 0 Å². The Morgan fingerprint density at radius 2 is 0.397 bits per heavy atom. The zero-order valence-electron chi connectivity index (χ0n) is 32.3. The molecule has 0 N–H and O–H groups in total. The summed E-state index contributed by atoms with van der Waals surface area (Å²) in [6.07, 6.45) is 0. The molecule has 284 valence electrons. The maximum absolute atomic E-state index is 3.41. The normalized spacial score (nSPS) is 10.4. The molecule has 0 atom stereocenters. The second-order valence-electron chi connectivity index (χ2n) is 13.3. The second-order valence-corrected chi connectivity index (χ2v) is 20.7. The summed E-state index contributed by atoms with van der Waals surface area (Å²) in [5, 5.41) is 12.7. The Bertz CT molecular complexity index is 1860. The third kappa shape index (κ3) is 12.0. The van der Waals surface area contributed by atoms with Crippen molar-refractivity contribution in [2.24, 2.45) is 0 Å². The van der Waals surface area contributed by atoms with Crippen molar-refractivity contribution < 1.29 is 19.5 Å². The molecule has 0 aliphatic heterocycles. The molecule has 0 nitrogen and oxygen atoms in total. The van der Waals surface area contributed by atoms with E-state index in [2.05, 4.69) is 261 Å². The van der Waals surface area contributed by atoms with Crippen molar-refractivity contribution in [1.82, 2.24) is 0 Å². The largest absolute Gasteiger partial charge is 0.173 e. The van der Waals surface area contributed by atoms with Crippen LogP contribution < -0.4 is 47.7 Å². The zero-order chi connectivity index (χ0) is 38.7. The molecule has 9 rings (SSSR count). The van der Waals surface area contributed by atoms with Gasteiger partial charge < -0.3 is 0 Å². The summed E-state index contributed by atoms with van der Waals surface area (Å²) in [7, 11) is -2.69. The van der Waals surface area contributed by atoms with Gasteiger partial charge in [0.05, 0.1) is 34.4 Å². The summed E-state index contributed by atoms with van der Waals surface area (Å²) in [5.41, 5.74) is 0. The molecule has 0 saturated carbocycles. The van der Waals surface area contributed by atoms with E-state index in [4.69, 9.17) is 0 Å². The van der Waals surface area contributed by atoms with Crippen molar-refractivity contribution in [3.8, 4) is 0 Å². The first kappa shape index (κ1) is 42.5. The van der Waals surface area contributed by atoms with Gasteiger partial charge >= 0.3 is 0 Å². The van der Waals surface area contributed by atoms with Gasteiger partial charge in [-0.05, 0) is 102 Å². The summed E-state index contributed by atoms with van der Waals surface area (Å²) < 4.78 is 0. The monoisotopic (exact) mass is 890 g/mol. The van der Waals surface area contributed by atoms with Gasteiger partial charge in [-0.1, -0.05) is 146 Å². The first-order chi connectivity index (χ1) is 28.3. The summed E-state index contributed by atoms with van der Waals surface area (Å²) in [6, 6.07) is 98.2. The molecule has 0 aromatic heterocycles. The molecule has 58 heavy (non-hydrogen) atoms. The van der Waals surface area contributed by atoms with Crippen LogP contribution in [0.4, 0.5) is 0 Å². The smallest absolute Gasteiger partial charge is 0.102 e. The molecule has 9 aromatic carbocycles. The van der Waals surface area contributed by atoms with Crippen LogP contribution >= 0.6 is 23.8 Å². The number of benzene rings is 9. The molecule has 0 saturated heterocycles. The van der Waals surface area contributed by atoms with E-state index >= 15 is 0 Å². The minimum Gasteiger partial charge on any atom is -0.173 e. The van der Waals surface area contributed by atoms with Crippen molar-refractivity contribution >= 4 is 71.5 Å². The fraction of sp³-hybridized carbons (Fsp3) is 0. The van der Waals surface area contributed by atoms with Crippen LogP contribution in [0.2, 0.25) is 0 Å². The predicted molar refractivity (Wildman–Crippen MR) is 258 cm³/mol. The molecular weight excluding hydrogens is 843 g/mol. The van der Waals surface area contributed by atoms with E-state index in [-0.39, 0.29) is 19.5 Å². The van der Waals surface area contributed by atoms with E-state index in [0.717, 1.165) is 0 Å². The Morgan fingerprint density at radius 3 is 0.586 bits per heavy atom. The van der Waals surface area contributed by atoms with E-state index in [1.165, 1.54) is 47.7 Å². The number of hydrogen-bond donors (Lipinski definition) is 0. The van der Waals surface area contributed by atoms with Crippen LogP contribution in [0, 0.1) is 6.07 Å². The van der Waals surface area contributed by atoms with E-state index in [0.29, 0.717) is 0 Å². The molecule has 9 aromatic rings. The SMILES string of the molecule is [Ru].[c-]1ccccc1[PH+](c1ccccc1)c1ccccc1.c1ccc([PH+](c2ccccc2)c2ccccc2)cc1.c1ccc([PH+](c2ccccc2)c2ccccc2)cc1. The van der Waals surface area contributed by atoms with Gasteiger partial charge in [-0.3, -0.25) is 0 Å². The van der Waals surface area contributed by atoms with E-state index in [1.54, 1.807) is 0 Å². The molecule has 0 fully saturated rings. The topological polar surface area (TPSA) is 0 Å². The number of hydrogen-bond acceptors (Lipinski definition) is 0. The van der Waals surface area contributed by atoms with Gasteiger partial charge in [0.1, 0.15) is 31.8 Å². The van der Waals surface area contributed by atoms with Crippen LogP contribution in [-0.4, -0.2) is 0 Å². The molecule has 0 aliphatic rings. The molecule has 0 amide bonds. The van der Waals surface area contributed by atoms with Gasteiger partial charge in [-0.2, -0.15) is 18.2 Å². The zero-order valence-corrected chi connectivity index (χ0v) is 37.0. The van der Waals surface area contributed by atoms with Crippen molar-refractivity contribution in [2.75, 3.05) is 0 Å². The molecule has 0 unspecified atom stereocenters. The third-order valence-electron chi connectivity index (χ3n) is 9.48. The van der Waals surface area contributed by atoms with Crippen LogP contribution in [0.5, 0.6) is 0 Å². The van der Waals surface area contributed by atoms with Crippen molar-refractivity contribution in [3.63, 3.8) is 0 Å². The quantitative estimate of drug-likeness (QED) is 0.0771. The summed E-state index contributed by atoms with van der Waals surface area (Å²) >= 11 is 0. The molecule has 0 heterocycles. The average molecular weight is 890 g/mol. The van der Waals surface area contributed by atoms with Crippen molar-refractivity contribution in [2.45, 2.75) is 0 Å². The second kappa shape index (κ2) is 23.3. The summed E-state index contributed by atoms with van der Waals surface area (Å²) in [4.78, 5) is 0. The van der Waals surface area contributed by atoms with Gasteiger partial charge in [0.25, 0.3) is 0 Å². The maximum atomic E-state index is 3.41. The summed E-state index contributed by atoms with van der Waals surface area (Å²) in [5.74, 6) is 0. The first-order valence-electron chi connectivity index (χ1n) is 19.4. The van der Waals surface area contributed by atoms with E-state index in [9.17, 15) is 0 Å².